The molecule has 9 heterocycles. The van der Waals surface area contributed by atoms with Crippen LogP contribution in [0.2, 0.25) is 0 Å². The van der Waals surface area contributed by atoms with Gasteiger partial charge in [-0.2, -0.15) is 0 Å². The highest BCUT2D eigenvalue weighted by Crippen LogP contribution is 2.33. The molecular formula is C40H58N8O5. The Hall–Kier alpha value is -3.72. The first-order valence-electron chi connectivity index (χ1n) is 19.5. The molecule has 0 aliphatic carbocycles. The number of nitrogens with one attached hydrogen (secondary N) is 2. The number of nitrogens with zero attached hydrogens (tertiary/aromatic N) is 6. The van der Waals surface area contributed by atoms with E-state index < -0.39 is 0 Å². The van der Waals surface area contributed by atoms with Crippen molar-refractivity contribution in [2.75, 3.05) is 101 Å². The molecule has 13 nitrogen and oxygen atoms in total. The maximum Gasteiger partial charge on any atom is 0.171 e. The Balaban J connectivity index is 0.000000122. The zero-order valence-corrected chi connectivity index (χ0v) is 31.4. The van der Waals surface area contributed by atoms with Gasteiger partial charge in [0.25, 0.3) is 0 Å². The number of ketones is 1. The lowest BCUT2D eigenvalue weighted by Crippen LogP contribution is -2.45. The Morgan fingerprint density at radius 1 is 0.585 bits per heavy atom. The molecule has 2 N–H and O–H groups in total. The van der Waals surface area contributed by atoms with Gasteiger partial charge in [0.15, 0.2) is 11.6 Å². The number of pyridine rings is 3. The summed E-state index contributed by atoms with van der Waals surface area (Å²) >= 11 is 0. The van der Waals surface area contributed by atoms with Crippen LogP contribution in [0.3, 0.4) is 0 Å². The van der Waals surface area contributed by atoms with Crippen molar-refractivity contribution in [3.63, 3.8) is 0 Å². The molecule has 9 rings (SSSR count). The lowest BCUT2D eigenvalue weighted by molar-refractivity contribution is -0.172. The van der Waals surface area contributed by atoms with E-state index in [1.165, 1.54) is 29.9 Å². The minimum atomic E-state index is -0.274. The molecular weight excluding hydrogens is 672 g/mol. The van der Waals surface area contributed by atoms with Crippen LogP contribution in [-0.4, -0.2) is 124 Å². The molecule has 0 aromatic carbocycles. The molecule has 0 saturated carbocycles. The molecule has 6 aliphatic heterocycles. The minimum Gasteiger partial charge on any atom is -0.371 e. The molecule has 288 valence electrons. The maximum atomic E-state index is 11.0. The highest BCUT2D eigenvalue weighted by atomic mass is 16.7. The molecule has 0 radical (unpaired) electrons. The summed E-state index contributed by atoms with van der Waals surface area (Å²) in [6.07, 6.45) is 18.7. The molecule has 13 heteroatoms. The fourth-order valence-electron chi connectivity index (χ4n) is 7.59. The van der Waals surface area contributed by atoms with E-state index in [9.17, 15) is 4.79 Å². The summed E-state index contributed by atoms with van der Waals surface area (Å²) in [5.41, 5.74) is 3.71. The zero-order chi connectivity index (χ0) is 36.6. The first-order chi connectivity index (χ1) is 26.1. The number of ether oxygens (including phenoxy) is 4. The number of carbonyl (C=O) groups is 1. The zero-order valence-electron chi connectivity index (χ0n) is 31.4. The van der Waals surface area contributed by atoms with Crippen molar-refractivity contribution in [1.82, 2.24) is 25.6 Å². The highest BCUT2D eigenvalue weighted by molar-refractivity contribution is 5.81. The van der Waals surface area contributed by atoms with Gasteiger partial charge in [-0.3, -0.25) is 19.7 Å². The predicted molar refractivity (Wildman–Crippen MR) is 206 cm³/mol. The van der Waals surface area contributed by atoms with Gasteiger partial charge in [0.2, 0.25) is 0 Å². The number of carbonyl (C=O) groups excluding carboxylic acids is 1. The Morgan fingerprint density at radius 2 is 0.962 bits per heavy atom. The second kappa shape index (κ2) is 20.1. The number of piperidine rings is 4. The summed E-state index contributed by atoms with van der Waals surface area (Å²) in [5, 5.41) is 6.61. The summed E-state index contributed by atoms with van der Waals surface area (Å²) in [4.78, 5) is 30.0. The van der Waals surface area contributed by atoms with Gasteiger partial charge < -0.3 is 44.3 Å². The van der Waals surface area contributed by atoms with Gasteiger partial charge in [0.1, 0.15) is 5.78 Å². The van der Waals surface area contributed by atoms with Gasteiger partial charge in [-0.15, -0.1) is 0 Å². The average molecular weight is 731 g/mol. The number of aromatic nitrogens is 3. The van der Waals surface area contributed by atoms with Crippen molar-refractivity contribution in [3.8, 4) is 0 Å². The van der Waals surface area contributed by atoms with E-state index in [0.717, 1.165) is 104 Å². The fraction of sp³-hybridized carbons (Fsp3) is 0.600. The van der Waals surface area contributed by atoms with Gasteiger partial charge >= 0.3 is 0 Å². The highest BCUT2D eigenvalue weighted by Gasteiger charge is 2.40. The smallest absolute Gasteiger partial charge is 0.171 e. The van der Waals surface area contributed by atoms with Gasteiger partial charge in [-0.25, -0.2) is 0 Å². The van der Waals surface area contributed by atoms with E-state index in [4.69, 9.17) is 18.9 Å². The number of rotatable bonds is 4. The average Bonchev–Trinajstić information content (AvgIpc) is 3.90. The van der Waals surface area contributed by atoms with Crippen LogP contribution in [0.4, 0.5) is 17.1 Å². The van der Waals surface area contributed by atoms with Gasteiger partial charge in [0, 0.05) is 151 Å². The molecule has 2 spiro atoms. The monoisotopic (exact) mass is 730 g/mol. The third kappa shape index (κ3) is 11.6. The first-order valence-corrected chi connectivity index (χ1v) is 19.5. The van der Waals surface area contributed by atoms with Crippen molar-refractivity contribution in [3.05, 3.63) is 73.6 Å². The Labute approximate surface area is 314 Å². The van der Waals surface area contributed by atoms with E-state index in [1.54, 1.807) is 12.4 Å². The van der Waals surface area contributed by atoms with Crippen molar-refractivity contribution >= 4 is 22.8 Å². The van der Waals surface area contributed by atoms with E-state index >= 15 is 0 Å². The van der Waals surface area contributed by atoms with E-state index in [1.807, 2.05) is 56.1 Å². The quantitative estimate of drug-likeness (QED) is 0.401. The van der Waals surface area contributed by atoms with E-state index in [0.29, 0.717) is 24.7 Å². The molecule has 0 unspecified atom stereocenters. The third-order valence-corrected chi connectivity index (χ3v) is 10.8. The van der Waals surface area contributed by atoms with Gasteiger partial charge in [-0.05, 0) is 56.3 Å². The van der Waals surface area contributed by atoms with Crippen molar-refractivity contribution in [2.45, 2.75) is 69.0 Å². The fourth-order valence-corrected chi connectivity index (χ4v) is 7.59. The number of hydrogen-bond acceptors (Lipinski definition) is 13. The molecule has 6 aliphatic rings. The van der Waals surface area contributed by atoms with Crippen molar-refractivity contribution in [1.29, 1.82) is 0 Å². The number of hydrogen-bond donors (Lipinski definition) is 2. The van der Waals surface area contributed by atoms with Crippen LogP contribution < -0.4 is 25.3 Å². The normalized spacial score (nSPS) is 22.3. The number of Topliss-reactive ketones (excluding diaryl/α,β-unsaturated/α-hetero) is 1. The Bertz CT molecular complexity index is 1440. The summed E-state index contributed by atoms with van der Waals surface area (Å²) in [6, 6.07) is 12.9. The van der Waals surface area contributed by atoms with Crippen LogP contribution in [0, 0.1) is 0 Å². The molecule has 6 saturated heterocycles. The molecule has 53 heavy (non-hydrogen) atoms. The summed E-state index contributed by atoms with van der Waals surface area (Å²) in [7, 11) is 2.05. The maximum absolute atomic E-state index is 11.0. The standard InChI is InChI=1S/C12H16N2O2.C11H17N3.C10H12N2O.C7H13NO2/c1-5-13-6-2-11(1)14-7-3-12(4-8-14)15-9-10-16-12;1-12-10-4-8-14(9-5-10)11-2-6-13-7-3-11;13-10-3-7-12(8-4-10)9-1-5-11-6-2-9;1-3-8-4-2-7(1)9-5-6-10-7/h1-2,5-6H,3-4,7-10H2;2-3,6-7,10,12H,4-5,8-9H2,1H3;1-2,5-6H,3-4,7-8H2;8H,1-6H2. The lowest BCUT2D eigenvalue weighted by Gasteiger charge is -2.38. The first kappa shape index (κ1) is 39.0. The second-order valence-corrected chi connectivity index (χ2v) is 14.1. The van der Waals surface area contributed by atoms with Crippen LogP contribution in [0.5, 0.6) is 0 Å². The predicted octanol–water partition coefficient (Wildman–Crippen LogP) is 4.06. The van der Waals surface area contributed by atoms with Gasteiger partial charge in [0.05, 0.1) is 26.4 Å². The Kier molecular flexibility index (Phi) is 14.8. The summed E-state index contributed by atoms with van der Waals surface area (Å²) in [5.74, 6) is -0.0836. The lowest BCUT2D eigenvalue weighted by atomic mass is 10.0. The molecule has 0 bridgehead atoms. The third-order valence-electron chi connectivity index (χ3n) is 10.8. The van der Waals surface area contributed by atoms with Crippen LogP contribution in [-0.2, 0) is 23.7 Å². The van der Waals surface area contributed by atoms with Crippen LogP contribution in [0.25, 0.3) is 0 Å². The topological polar surface area (TPSA) is 126 Å². The van der Waals surface area contributed by atoms with E-state index in [-0.39, 0.29) is 11.6 Å². The molecule has 0 amide bonds. The molecule has 6 fully saturated rings. The summed E-state index contributed by atoms with van der Waals surface area (Å²) < 4.78 is 22.4. The van der Waals surface area contributed by atoms with Crippen molar-refractivity contribution < 1.29 is 23.7 Å². The van der Waals surface area contributed by atoms with Crippen LogP contribution in [0.1, 0.15) is 51.4 Å². The SMILES string of the molecule is C1CC2(CCN1)OCCO2.CNC1CCN(c2ccncc2)CC1.O=C1CCN(c2ccncc2)CC1.c1cc(N2CCC3(CC2)OCCO3)ccn1. The van der Waals surface area contributed by atoms with E-state index in [2.05, 4.69) is 52.4 Å². The van der Waals surface area contributed by atoms with Crippen LogP contribution >= 0.6 is 0 Å². The molecule has 3 aromatic heterocycles. The summed E-state index contributed by atoms with van der Waals surface area (Å²) in [6.45, 7) is 11.1. The molecule has 3 aromatic rings. The Morgan fingerprint density at radius 3 is 1.38 bits per heavy atom. The second-order valence-electron chi connectivity index (χ2n) is 14.1. The largest absolute Gasteiger partial charge is 0.371 e. The van der Waals surface area contributed by atoms with Crippen molar-refractivity contribution in [2.24, 2.45) is 0 Å². The molecule has 0 atom stereocenters. The van der Waals surface area contributed by atoms with Gasteiger partial charge in [-0.1, -0.05) is 0 Å². The van der Waals surface area contributed by atoms with Crippen LogP contribution in [0.15, 0.2) is 73.6 Å². The number of anilines is 3. The minimum absolute atomic E-state index is 0.189.